The van der Waals surface area contributed by atoms with Crippen molar-refractivity contribution in [1.29, 1.82) is 5.26 Å². The molecule has 88 valence electrons. The first-order valence-electron chi connectivity index (χ1n) is 5.69. The fourth-order valence-corrected chi connectivity index (χ4v) is 1.73. The second-order valence-corrected chi connectivity index (χ2v) is 3.99. The van der Waals surface area contributed by atoms with Crippen LogP contribution in [0.1, 0.15) is 13.8 Å². The predicted octanol–water partition coefficient (Wildman–Crippen LogP) is 1.72. The zero-order valence-corrected chi connectivity index (χ0v) is 10.0. The van der Waals surface area contributed by atoms with Gasteiger partial charge in [-0.3, -0.25) is 0 Å². The molecule has 0 aliphatic heterocycles. The topological polar surface area (TPSA) is 57.2 Å². The van der Waals surface area contributed by atoms with E-state index in [1.807, 2.05) is 25.3 Å². The van der Waals surface area contributed by atoms with Crippen molar-refractivity contribution in [2.75, 3.05) is 18.0 Å². The number of hydrogen-bond acceptors (Lipinski definition) is 4. The molecule has 0 aliphatic rings. The molecule has 2 heterocycles. The summed E-state index contributed by atoms with van der Waals surface area (Å²) in [6.45, 7) is 5.51. The standard InChI is InChI=1S/C12H15N5/c1-3-16(9-10(2)8-13)11-5-7-17-12(15-11)4-6-14-17/h4-7,10H,3,9H2,1-2H3. The molecule has 0 fully saturated rings. The Morgan fingerprint density at radius 2 is 2.35 bits per heavy atom. The molecule has 0 aliphatic carbocycles. The Balaban J connectivity index is 2.26. The number of fused-ring (bicyclic) bond motifs is 1. The third kappa shape index (κ3) is 2.36. The summed E-state index contributed by atoms with van der Waals surface area (Å²) >= 11 is 0. The molecule has 2 rings (SSSR count). The third-order valence-corrected chi connectivity index (χ3v) is 2.66. The van der Waals surface area contributed by atoms with Crippen LogP contribution >= 0.6 is 0 Å². The molecule has 0 amide bonds. The van der Waals surface area contributed by atoms with E-state index in [2.05, 4.69) is 28.0 Å². The van der Waals surface area contributed by atoms with Crippen LogP contribution in [0.5, 0.6) is 0 Å². The van der Waals surface area contributed by atoms with Crippen LogP contribution in [0, 0.1) is 17.2 Å². The molecule has 0 radical (unpaired) electrons. The van der Waals surface area contributed by atoms with Gasteiger partial charge < -0.3 is 4.90 Å². The first-order valence-corrected chi connectivity index (χ1v) is 5.69. The van der Waals surface area contributed by atoms with E-state index in [4.69, 9.17) is 5.26 Å². The number of aromatic nitrogens is 3. The fourth-order valence-electron chi connectivity index (χ4n) is 1.73. The molecule has 0 aromatic carbocycles. The molecule has 2 aromatic rings. The van der Waals surface area contributed by atoms with Gasteiger partial charge >= 0.3 is 0 Å². The first-order chi connectivity index (χ1) is 8.24. The van der Waals surface area contributed by atoms with E-state index >= 15 is 0 Å². The SMILES string of the molecule is CCN(CC(C)C#N)c1ccn2nccc2n1. The minimum absolute atomic E-state index is 0.00196. The van der Waals surface area contributed by atoms with Gasteiger partial charge in [-0.05, 0) is 19.9 Å². The summed E-state index contributed by atoms with van der Waals surface area (Å²) < 4.78 is 1.73. The van der Waals surface area contributed by atoms with Crippen molar-refractivity contribution >= 4 is 11.5 Å². The second kappa shape index (κ2) is 4.83. The lowest BCUT2D eigenvalue weighted by Gasteiger charge is -2.22. The number of anilines is 1. The minimum atomic E-state index is -0.00196. The van der Waals surface area contributed by atoms with Gasteiger partial charge in [0.25, 0.3) is 0 Å². The van der Waals surface area contributed by atoms with Gasteiger partial charge in [0.05, 0.1) is 18.2 Å². The van der Waals surface area contributed by atoms with Crippen molar-refractivity contribution in [3.8, 4) is 6.07 Å². The van der Waals surface area contributed by atoms with Crippen molar-refractivity contribution in [2.45, 2.75) is 13.8 Å². The van der Waals surface area contributed by atoms with Gasteiger partial charge in [-0.25, -0.2) is 9.50 Å². The Bertz CT molecular complexity index is 539. The van der Waals surface area contributed by atoms with E-state index in [9.17, 15) is 0 Å². The van der Waals surface area contributed by atoms with Gasteiger partial charge in [-0.2, -0.15) is 10.4 Å². The Hall–Kier alpha value is -2.09. The van der Waals surface area contributed by atoms with E-state index in [0.29, 0.717) is 6.54 Å². The molecule has 0 saturated carbocycles. The highest BCUT2D eigenvalue weighted by atomic mass is 15.3. The molecular formula is C12H15N5. The summed E-state index contributed by atoms with van der Waals surface area (Å²) in [7, 11) is 0. The summed E-state index contributed by atoms with van der Waals surface area (Å²) in [6, 6.07) is 6.03. The Labute approximate surface area is 100 Å². The Morgan fingerprint density at radius 1 is 1.53 bits per heavy atom. The smallest absolute Gasteiger partial charge is 0.157 e. The van der Waals surface area contributed by atoms with Crippen molar-refractivity contribution in [2.24, 2.45) is 5.92 Å². The molecular weight excluding hydrogens is 214 g/mol. The normalized spacial score (nSPS) is 12.3. The molecule has 0 saturated heterocycles. The maximum Gasteiger partial charge on any atom is 0.157 e. The van der Waals surface area contributed by atoms with E-state index in [1.54, 1.807) is 10.7 Å². The van der Waals surface area contributed by atoms with Crippen LogP contribution < -0.4 is 4.90 Å². The van der Waals surface area contributed by atoms with Crippen molar-refractivity contribution in [3.05, 3.63) is 24.5 Å². The Morgan fingerprint density at radius 3 is 3.06 bits per heavy atom. The molecule has 2 aromatic heterocycles. The van der Waals surface area contributed by atoms with E-state index < -0.39 is 0 Å². The zero-order chi connectivity index (χ0) is 12.3. The van der Waals surface area contributed by atoms with E-state index in [0.717, 1.165) is 18.0 Å². The molecule has 0 N–H and O–H groups in total. The maximum absolute atomic E-state index is 8.85. The second-order valence-electron chi connectivity index (χ2n) is 3.99. The van der Waals surface area contributed by atoms with Crippen LogP contribution in [-0.2, 0) is 0 Å². The van der Waals surface area contributed by atoms with Crippen LogP contribution in [0.3, 0.4) is 0 Å². The molecule has 0 spiro atoms. The number of nitriles is 1. The summed E-state index contributed by atoms with van der Waals surface area (Å²) in [5.41, 5.74) is 0.825. The van der Waals surface area contributed by atoms with Gasteiger partial charge in [0.2, 0.25) is 0 Å². The van der Waals surface area contributed by atoms with E-state index in [-0.39, 0.29) is 5.92 Å². The van der Waals surface area contributed by atoms with E-state index in [1.165, 1.54) is 0 Å². The summed E-state index contributed by atoms with van der Waals surface area (Å²) in [4.78, 5) is 6.61. The third-order valence-electron chi connectivity index (χ3n) is 2.66. The van der Waals surface area contributed by atoms with Crippen LogP contribution in [0.25, 0.3) is 5.65 Å². The summed E-state index contributed by atoms with van der Waals surface area (Å²) in [6.07, 6.45) is 3.61. The van der Waals surface area contributed by atoms with Crippen molar-refractivity contribution < 1.29 is 0 Å². The lowest BCUT2D eigenvalue weighted by atomic mass is 10.2. The molecule has 17 heavy (non-hydrogen) atoms. The van der Waals surface area contributed by atoms with Crippen LogP contribution in [0.4, 0.5) is 5.82 Å². The van der Waals surface area contributed by atoms with Crippen LogP contribution in [-0.4, -0.2) is 27.7 Å². The highest BCUT2D eigenvalue weighted by molar-refractivity contribution is 5.47. The number of rotatable bonds is 4. The maximum atomic E-state index is 8.85. The zero-order valence-electron chi connectivity index (χ0n) is 10.0. The highest BCUT2D eigenvalue weighted by Gasteiger charge is 2.10. The van der Waals surface area contributed by atoms with Gasteiger partial charge in [-0.15, -0.1) is 0 Å². The largest absolute Gasteiger partial charge is 0.355 e. The molecule has 5 nitrogen and oxygen atoms in total. The lowest BCUT2D eigenvalue weighted by molar-refractivity contribution is 0.679. The summed E-state index contributed by atoms with van der Waals surface area (Å²) in [5, 5.41) is 13.0. The highest BCUT2D eigenvalue weighted by Crippen LogP contribution is 2.13. The molecule has 5 heteroatoms. The minimum Gasteiger partial charge on any atom is -0.355 e. The number of nitrogens with zero attached hydrogens (tertiary/aromatic N) is 5. The summed E-state index contributed by atoms with van der Waals surface area (Å²) in [5.74, 6) is 0.889. The van der Waals surface area contributed by atoms with Gasteiger partial charge in [0.1, 0.15) is 5.82 Å². The molecule has 0 bridgehead atoms. The first kappa shape index (κ1) is 11.4. The molecule has 1 unspecified atom stereocenters. The van der Waals surface area contributed by atoms with Crippen LogP contribution in [0.15, 0.2) is 24.5 Å². The van der Waals surface area contributed by atoms with Crippen molar-refractivity contribution in [1.82, 2.24) is 14.6 Å². The van der Waals surface area contributed by atoms with Crippen LogP contribution in [0.2, 0.25) is 0 Å². The lowest BCUT2D eigenvalue weighted by Crippen LogP contribution is -2.28. The van der Waals surface area contributed by atoms with Crippen molar-refractivity contribution in [3.63, 3.8) is 0 Å². The van der Waals surface area contributed by atoms with Gasteiger partial charge in [-0.1, -0.05) is 0 Å². The number of hydrogen-bond donors (Lipinski definition) is 0. The van der Waals surface area contributed by atoms with Gasteiger partial charge in [0, 0.05) is 25.4 Å². The average molecular weight is 229 g/mol. The van der Waals surface area contributed by atoms with Gasteiger partial charge in [0.15, 0.2) is 5.65 Å². The Kier molecular flexibility index (Phi) is 3.24. The fraction of sp³-hybridized carbons (Fsp3) is 0.417. The molecule has 1 atom stereocenters. The monoisotopic (exact) mass is 229 g/mol. The average Bonchev–Trinajstić information content (AvgIpc) is 2.82. The predicted molar refractivity (Wildman–Crippen MR) is 65.7 cm³/mol. The quantitative estimate of drug-likeness (QED) is 0.801.